The fourth-order valence-electron chi connectivity index (χ4n) is 1.39. The molecule has 1 aromatic rings. The van der Waals surface area contributed by atoms with Gasteiger partial charge in [-0.15, -0.1) is 0 Å². The van der Waals surface area contributed by atoms with E-state index in [0.717, 1.165) is 32.4 Å². The predicted octanol–water partition coefficient (Wildman–Crippen LogP) is 2.69. The van der Waals surface area contributed by atoms with Gasteiger partial charge in [-0.2, -0.15) is 15.0 Å². The van der Waals surface area contributed by atoms with Crippen molar-refractivity contribution in [1.82, 2.24) is 15.0 Å². The molecule has 1 rings (SSSR count). The first-order chi connectivity index (χ1) is 9.15. The molecule has 0 aliphatic carbocycles. The van der Waals surface area contributed by atoms with Crippen LogP contribution < -0.4 is 15.4 Å². The molecule has 0 unspecified atom stereocenters. The molecule has 0 saturated heterocycles. The van der Waals surface area contributed by atoms with Crippen LogP contribution in [-0.2, 0) is 0 Å². The summed E-state index contributed by atoms with van der Waals surface area (Å²) >= 11 is 0. The minimum Gasteiger partial charge on any atom is -0.461 e. The summed E-state index contributed by atoms with van der Waals surface area (Å²) < 4.78 is 5.54. The van der Waals surface area contributed by atoms with E-state index in [4.69, 9.17) is 4.74 Å². The second-order valence-electron chi connectivity index (χ2n) is 4.64. The van der Waals surface area contributed by atoms with Gasteiger partial charge >= 0.3 is 6.01 Å². The number of hydrogen-bond donors (Lipinski definition) is 2. The van der Waals surface area contributed by atoms with Crippen molar-refractivity contribution in [3.8, 4) is 6.01 Å². The Balaban J connectivity index is 2.75. The van der Waals surface area contributed by atoms with Crippen molar-refractivity contribution in [1.29, 1.82) is 0 Å². The third-order valence-electron chi connectivity index (χ3n) is 2.30. The van der Waals surface area contributed by atoms with E-state index in [1.54, 1.807) is 0 Å². The van der Waals surface area contributed by atoms with E-state index >= 15 is 0 Å². The highest BCUT2D eigenvalue weighted by Gasteiger charge is 2.08. The summed E-state index contributed by atoms with van der Waals surface area (Å²) in [7, 11) is 0. The van der Waals surface area contributed by atoms with Crippen LogP contribution in [0.3, 0.4) is 0 Å². The first-order valence-corrected chi connectivity index (χ1v) is 7.06. The zero-order valence-electron chi connectivity index (χ0n) is 12.4. The first kappa shape index (κ1) is 15.5. The molecule has 6 nitrogen and oxygen atoms in total. The van der Waals surface area contributed by atoms with Crippen LogP contribution in [0.5, 0.6) is 6.01 Å². The topological polar surface area (TPSA) is 72.0 Å². The van der Waals surface area contributed by atoms with Gasteiger partial charge in [0.15, 0.2) is 0 Å². The summed E-state index contributed by atoms with van der Waals surface area (Å²) in [6.07, 6.45) is 3.29. The molecule has 19 heavy (non-hydrogen) atoms. The van der Waals surface area contributed by atoms with Gasteiger partial charge in [-0.3, -0.25) is 0 Å². The fourth-order valence-corrected chi connectivity index (χ4v) is 1.39. The van der Waals surface area contributed by atoms with Gasteiger partial charge in [0.1, 0.15) is 0 Å². The quantitative estimate of drug-likeness (QED) is 0.670. The molecule has 0 saturated carbocycles. The number of anilines is 2. The van der Waals surface area contributed by atoms with Crippen LogP contribution in [0.2, 0.25) is 0 Å². The van der Waals surface area contributed by atoms with Gasteiger partial charge in [-0.05, 0) is 26.7 Å². The summed E-state index contributed by atoms with van der Waals surface area (Å²) in [6.45, 7) is 9.84. The molecule has 6 heteroatoms. The predicted molar refractivity (Wildman–Crippen MR) is 77.8 cm³/mol. The second kappa shape index (κ2) is 8.50. The Morgan fingerprint density at radius 3 is 2.11 bits per heavy atom. The van der Waals surface area contributed by atoms with E-state index < -0.39 is 0 Å². The van der Waals surface area contributed by atoms with Crippen LogP contribution in [0.4, 0.5) is 11.9 Å². The standard InChI is InChI=1S/C13H25N5O/c1-5-7-9-15-12-16-11(14-8-6-2)17-13(18-12)19-10(3)4/h10H,5-9H2,1-4H3,(H2,14,15,16,17,18). The van der Waals surface area contributed by atoms with E-state index in [-0.39, 0.29) is 6.10 Å². The summed E-state index contributed by atoms with van der Waals surface area (Å²) in [6, 6.07) is 0.364. The minimum atomic E-state index is 0.0462. The van der Waals surface area contributed by atoms with Gasteiger partial charge in [-0.25, -0.2) is 0 Å². The molecule has 0 aliphatic heterocycles. The molecule has 0 fully saturated rings. The SMILES string of the molecule is CCCCNc1nc(NCCC)nc(OC(C)C)n1. The molecular formula is C13H25N5O. The van der Waals surface area contributed by atoms with Gasteiger partial charge in [-0.1, -0.05) is 20.3 Å². The Labute approximate surface area is 115 Å². The third kappa shape index (κ3) is 6.22. The molecule has 0 spiro atoms. The Bertz CT molecular complexity index is 370. The number of nitrogens with zero attached hydrogens (tertiary/aromatic N) is 3. The zero-order chi connectivity index (χ0) is 14.1. The van der Waals surface area contributed by atoms with Crippen molar-refractivity contribution in [2.45, 2.75) is 53.1 Å². The van der Waals surface area contributed by atoms with Crippen LogP contribution in [0.25, 0.3) is 0 Å². The molecule has 0 amide bonds. The highest BCUT2D eigenvalue weighted by Crippen LogP contribution is 2.12. The van der Waals surface area contributed by atoms with E-state index in [0.29, 0.717) is 17.9 Å². The summed E-state index contributed by atoms with van der Waals surface area (Å²) in [5.74, 6) is 1.13. The summed E-state index contributed by atoms with van der Waals surface area (Å²) in [5.41, 5.74) is 0. The number of rotatable bonds is 9. The molecule has 2 N–H and O–H groups in total. The molecule has 0 aromatic carbocycles. The molecule has 108 valence electrons. The molecule has 1 heterocycles. The largest absolute Gasteiger partial charge is 0.461 e. The highest BCUT2D eigenvalue weighted by atomic mass is 16.5. The number of ether oxygens (including phenoxy) is 1. The zero-order valence-corrected chi connectivity index (χ0v) is 12.4. The van der Waals surface area contributed by atoms with Crippen molar-refractivity contribution < 1.29 is 4.74 Å². The smallest absolute Gasteiger partial charge is 0.323 e. The van der Waals surface area contributed by atoms with Gasteiger partial charge < -0.3 is 15.4 Å². The Morgan fingerprint density at radius 1 is 0.947 bits per heavy atom. The van der Waals surface area contributed by atoms with Crippen molar-refractivity contribution in [3.63, 3.8) is 0 Å². The van der Waals surface area contributed by atoms with E-state index in [9.17, 15) is 0 Å². The molecule has 0 bridgehead atoms. The molecular weight excluding hydrogens is 242 g/mol. The van der Waals surface area contributed by atoms with Gasteiger partial charge in [0.05, 0.1) is 6.10 Å². The fraction of sp³-hybridized carbons (Fsp3) is 0.769. The van der Waals surface area contributed by atoms with Crippen LogP contribution >= 0.6 is 0 Å². The number of nitrogens with one attached hydrogen (secondary N) is 2. The van der Waals surface area contributed by atoms with Gasteiger partial charge in [0.2, 0.25) is 11.9 Å². The molecule has 1 aromatic heterocycles. The third-order valence-corrected chi connectivity index (χ3v) is 2.30. The Morgan fingerprint density at radius 2 is 1.58 bits per heavy atom. The molecule has 0 radical (unpaired) electrons. The van der Waals surface area contributed by atoms with Gasteiger partial charge in [0.25, 0.3) is 0 Å². The lowest BCUT2D eigenvalue weighted by molar-refractivity contribution is 0.222. The van der Waals surface area contributed by atoms with Crippen molar-refractivity contribution in [3.05, 3.63) is 0 Å². The number of aromatic nitrogens is 3. The summed E-state index contributed by atoms with van der Waals surface area (Å²) in [5, 5.41) is 6.35. The summed E-state index contributed by atoms with van der Waals surface area (Å²) in [4.78, 5) is 12.8. The normalized spacial score (nSPS) is 10.6. The van der Waals surface area contributed by atoms with E-state index in [2.05, 4.69) is 39.4 Å². The van der Waals surface area contributed by atoms with E-state index in [1.807, 2.05) is 13.8 Å². The highest BCUT2D eigenvalue weighted by molar-refractivity contribution is 5.35. The van der Waals surface area contributed by atoms with Crippen LogP contribution in [0.1, 0.15) is 47.0 Å². The van der Waals surface area contributed by atoms with Crippen LogP contribution in [0, 0.1) is 0 Å². The number of unbranched alkanes of at least 4 members (excludes halogenated alkanes) is 1. The van der Waals surface area contributed by atoms with Crippen molar-refractivity contribution in [2.24, 2.45) is 0 Å². The lowest BCUT2D eigenvalue weighted by atomic mass is 10.3. The minimum absolute atomic E-state index is 0.0462. The van der Waals surface area contributed by atoms with Crippen molar-refractivity contribution in [2.75, 3.05) is 23.7 Å². The number of hydrogen-bond acceptors (Lipinski definition) is 6. The second-order valence-corrected chi connectivity index (χ2v) is 4.64. The molecule has 0 aliphatic rings. The van der Waals surface area contributed by atoms with Crippen LogP contribution in [-0.4, -0.2) is 34.1 Å². The lowest BCUT2D eigenvalue weighted by Crippen LogP contribution is -2.14. The maximum atomic E-state index is 5.54. The monoisotopic (exact) mass is 267 g/mol. The molecule has 0 atom stereocenters. The Kier molecular flexibility index (Phi) is 6.92. The average Bonchev–Trinajstić information content (AvgIpc) is 2.36. The lowest BCUT2D eigenvalue weighted by Gasteiger charge is -2.11. The maximum Gasteiger partial charge on any atom is 0.323 e. The van der Waals surface area contributed by atoms with Crippen molar-refractivity contribution >= 4 is 11.9 Å². The Hall–Kier alpha value is -1.59. The van der Waals surface area contributed by atoms with E-state index in [1.165, 1.54) is 0 Å². The average molecular weight is 267 g/mol. The van der Waals surface area contributed by atoms with Gasteiger partial charge in [0, 0.05) is 13.1 Å². The van der Waals surface area contributed by atoms with Crippen LogP contribution in [0.15, 0.2) is 0 Å². The first-order valence-electron chi connectivity index (χ1n) is 7.06. The maximum absolute atomic E-state index is 5.54.